The third kappa shape index (κ3) is 8.21. The number of ether oxygens (including phenoxy) is 1. The minimum atomic E-state index is -1.37. The molecule has 0 fully saturated rings. The SMILES string of the molecule is COC(=O)C(O)CNC(=O)CCCCC(=O)O. The van der Waals surface area contributed by atoms with E-state index in [9.17, 15) is 14.4 Å². The Morgan fingerprint density at radius 1 is 1.24 bits per heavy atom. The van der Waals surface area contributed by atoms with E-state index in [0.717, 1.165) is 7.11 Å². The Morgan fingerprint density at radius 3 is 2.35 bits per heavy atom. The molecule has 0 radical (unpaired) electrons. The predicted molar refractivity (Wildman–Crippen MR) is 57.1 cm³/mol. The molecule has 7 nitrogen and oxygen atoms in total. The molecule has 7 heteroatoms. The van der Waals surface area contributed by atoms with Crippen molar-refractivity contribution in [3.63, 3.8) is 0 Å². The van der Waals surface area contributed by atoms with Gasteiger partial charge in [-0.15, -0.1) is 0 Å². The topological polar surface area (TPSA) is 113 Å². The van der Waals surface area contributed by atoms with E-state index in [0.29, 0.717) is 12.8 Å². The van der Waals surface area contributed by atoms with Gasteiger partial charge in [-0.1, -0.05) is 0 Å². The summed E-state index contributed by atoms with van der Waals surface area (Å²) in [6.07, 6.45) is -0.309. The van der Waals surface area contributed by atoms with Crippen molar-refractivity contribution in [2.75, 3.05) is 13.7 Å². The number of methoxy groups -OCH3 is 1. The highest BCUT2D eigenvalue weighted by atomic mass is 16.5. The molecule has 0 saturated heterocycles. The fourth-order valence-electron chi connectivity index (χ4n) is 1.08. The number of esters is 1. The summed E-state index contributed by atoms with van der Waals surface area (Å²) in [6.45, 7) is -0.204. The molecule has 0 bridgehead atoms. The van der Waals surface area contributed by atoms with Gasteiger partial charge in [0.05, 0.1) is 13.7 Å². The zero-order valence-corrected chi connectivity index (χ0v) is 9.64. The lowest BCUT2D eigenvalue weighted by Gasteiger charge is -2.09. The first-order chi connectivity index (χ1) is 7.97. The number of rotatable bonds is 8. The summed E-state index contributed by atoms with van der Waals surface area (Å²) in [7, 11) is 1.14. The van der Waals surface area contributed by atoms with E-state index in [1.54, 1.807) is 0 Å². The van der Waals surface area contributed by atoms with Crippen LogP contribution in [0.25, 0.3) is 0 Å². The minimum absolute atomic E-state index is 0.0259. The summed E-state index contributed by atoms with van der Waals surface area (Å²) < 4.78 is 4.26. The summed E-state index contributed by atoms with van der Waals surface area (Å²) in [6, 6.07) is 0. The van der Waals surface area contributed by atoms with Crippen LogP contribution in [0.2, 0.25) is 0 Å². The number of aliphatic carboxylic acids is 1. The van der Waals surface area contributed by atoms with Gasteiger partial charge in [-0.2, -0.15) is 0 Å². The maximum atomic E-state index is 11.2. The highest BCUT2D eigenvalue weighted by Crippen LogP contribution is 1.99. The summed E-state index contributed by atoms with van der Waals surface area (Å²) in [5.41, 5.74) is 0. The lowest BCUT2D eigenvalue weighted by atomic mass is 10.2. The molecule has 0 aliphatic rings. The number of aliphatic hydroxyl groups is 1. The van der Waals surface area contributed by atoms with Crippen molar-refractivity contribution in [3.05, 3.63) is 0 Å². The first-order valence-corrected chi connectivity index (χ1v) is 5.21. The Labute approximate surface area is 98.8 Å². The number of carbonyl (C=O) groups is 3. The van der Waals surface area contributed by atoms with E-state index in [1.165, 1.54) is 0 Å². The van der Waals surface area contributed by atoms with Gasteiger partial charge < -0.3 is 20.3 Å². The molecule has 0 heterocycles. The van der Waals surface area contributed by atoms with Gasteiger partial charge >= 0.3 is 11.9 Å². The van der Waals surface area contributed by atoms with Gasteiger partial charge in [-0.05, 0) is 12.8 Å². The molecule has 0 spiro atoms. The highest BCUT2D eigenvalue weighted by molar-refractivity contribution is 5.78. The third-order valence-electron chi connectivity index (χ3n) is 2.01. The Bertz CT molecular complexity index is 278. The number of carbonyl (C=O) groups excluding carboxylic acids is 2. The van der Waals surface area contributed by atoms with Gasteiger partial charge in [-0.3, -0.25) is 9.59 Å². The molecule has 1 unspecified atom stereocenters. The summed E-state index contributed by atoms with van der Waals surface area (Å²) in [5, 5.41) is 19.9. The lowest BCUT2D eigenvalue weighted by Crippen LogP contribution is -2.37. The Balaban J connectivity index is 3.59. The normalized spacial score (nSPS) is 11.6. The van der Waals surface area contributed by atoms with Crippen LogP contribution >= 0.6 is 0 Å². The fourth-order valence-corrected chi connectivity index (χ4v) is 1.08. The monoisotopic (exact) mass is 247 g/mol. The van der Waals surface area contributed by atoms with Crippen molar-refractivity contribution in [2.24, 2.45) is 0 Å². The van der Waals surface area contributed by atoms with Gasteiger partial charge in [0.25, 0.3) is 0 Å². The van der Waals surface area contributed by atoms with Gasteiger partial charge in [0.15, 0.2) is 6.10 Å². The molecule has 3 N–H and O–H groups in total. The second-order valence-electron chi connectivity index (χ2n) is 3.44. The molecule has 0 aromatic rings. The van der Waals surface area contributed by atoms with Crippen molar-refractivity contribution in [2.45, 2.75) is 31.8 Å². The maximum absolute atomic E-state index is 11.2. The number of nitrogens with one attached hydrogen (secondary N) is 1. The molecule has 98 valence electrons. The minimum Gasteiger partial charge on any atom is -0.481 e. The van der Waals surface area contributed by atoms with E-state index < -0.39 is 18.0 Å². The van der Waals surface area contributed by atoms with Crippen molar-refractivity contribution in [3.8, 4) is 0 Å². The second kappa shape index (κ2) is 8.51. The van der Waals surface area contributed by atoms with Crippen LogP contribution in [-0.2, 0) is 19.1 Å². The molecule has 1 amide bonds. The predicted octanol–water partition coefficient (Wildman–Crippen LogP) is -0.719. The number of unbranched alkanes of at least 4 members (excludes halogenated alkanes) is 1. The Hall–Kier alpha value is -1.63. The van der Waals surface area contributed by atoms with Gasteiger partial charge in [-0.25, -0.2) is 4.79 Å². The first kappa shape index (κ1) is 15.4. The smallest absolute Gasteiger partial charge is 0.336 e. The van der Waals surface area contributed by atoms with Crippen molar-refractivity contribution in [1.29, 1.82) is 0 Å². The fraction of sp³-hybridized carbons (Fsp3) is 0.700. The van der Waals surface area contributed by atoms with Crippen LogP contribution in [0.5, 0.6) is 0 Å². The maximum Gasteiger partial charge on any atom is 0.336 e. The van der Waals surface area contributed by atoms with Crippen molar-refractivity contribution in [1.82, 2.24) is 5.32 Å². The molecular weight excluding hydrogens is 230 g/mol. The molecular formula is C10H17NO6. The van der Waals surface area contributed by atoms with Gasteiger partial charge in [0, 0.05) is 12.8 Å². The van der Waals surface area contributed by atoms with Crippen LogP contribution in [0.1, 0.15) is 25.7 Å². The van der Waals surface area contributed by atoms with Gasteiger partial charge in [0.1, 0.15) is 0 Å². The van der Waals surface area contributed by atoms with Crippen LogP contribution in [0.4, 0.5) is 0 Å². The molecule has 0 aromatic heterocycles. The number of aliphatic hydroxyl groups excluding tert-OH is 1. The zero-order chi connectivity index (χ0) is 13.3. The molecule has 1 atom stereocenters. The average molecular weight is 247 g/mol. The summed E-state index contributed by atoms with van der Waals surface area (Å²) >= 11 is 0. The number of carboxylic acids is 1. The largest absolute Gasteiger partial charge is 0.481 e. The molecule has 17 heavy (non-hydrogen) atoms. The van der Waals surface area contributed by atoms with Crippen LogP contribution < -0.4 is 5.32 Å². The van der Waals surface area contributed by atoms with E-state index in [-0.39, 0.29) is 25.3 Å². The average Bonchev–Trinajstić information content (AvgIpc) is 2.30. The van der Waals surface area contributed by atoms with Crippen LogP contribution in [0.3, 0.4) is 0 Å². The lowest BCUT2D eigenvalue weighted by molar-refractivity contribution is -0.150. The van der Waals surface area contributed by atoms with Crippen molar-refractivity contribution < 1.29 is 29.3 Å². The number of amides is 1. The van der Waals surface area contributed by atoms with E-state index in [4.69, 9.17) is 10.2 Å². The molecule has 0 rings (SSSR count). The Morgan fingerprint density at radius 2 is 1.82 bits per heavy atom. The van der Waals surface area contributed by atoms with Crippen molar-refractivity contribution >= 4 is 17.8 Å². The Kier molecular flexibility index (Phi) is 7.70. The first-order valence-electron chi connectivity index (χ1n) is 5.21. The van der Waals surface area contributed by atoms with Crippen LogP contribution in [0, 0.1) is 0 Å². The molecule has 0 aliphatic carbocycles. The highest BCUT2D eigenvalue weighted by Gasteiger charge is 2.15. The number of hydrogen-bond acceptors (Lipinski definition) is 5. The van der Waals surface area contributed by atoms with E-state index >= 15 is 0 Å². The number of hydrogen-bond donors (Lipinski definition) is 3. The van der Waals surface area contributed by atoms with Crippen LogP contribution in [-0.4, -0.2) is 47.8 Å². The van der Waals surface area contributed by atoms with E-state index in [1.807, 2.05) is 0 Å². The standard InChI is InChI=1S/C10H17NO6/c1-17-10(16)7(12)6-11-8(13)4-2-3-5-9(14)15/h7,12H,2-6H2,1H3,(H,11,13)(H,14,15). The second-order valence-corrected chi connectivity index (χ2v) is 3.44. The molecule has 0 aliphatic heterocycles. The quantitative estimate of drug-likeness (QED) is 0.385. The molecule has 0 saturated carbocycles. The molecule has 0 aromatic carbocycles. The van der Waals surface area contributed by atoms with Gasteiger partial charge in [0.2, 0.25) is 5.91 Å². The summed E-state index contributed by atoms with van der Waals surface area (Å²) in [4.78, 5) is 32.1. The van der Waals surface area contributed by atoms with Crippen LogP contribution in [0.15, 0.2) is 0 Å². The number of carboxylic acid groups (broad SMARTS) is 1. The summed E-state index contributed by atoms with van der Waals surface area (Å²) in [5.74, 6) is -2.04. The third-order valence-corrected chi connectivity index (χ3v) is 2.01. The van der Waals surface area contributed by atoms with E-state index in [2.05, 4.69) is 10.1 Å². The zero-order valence-electron chi connectivity index (χ0n) is 9.64.